The predicted molar refractivity (Wildman–Crippen MR) is 64.1 cm³/mol. The lowest BCUT2D eigenvalue weighted by Gasteiger charge is -2.15. The molecule has 1 unspecified atom stereocenters. The van der Waals surface area contributed by atoms with Gasteiger partial charge in [-0.2, -0.15) is 0 Å². The summed E-state index contributed by atoms with van der Waals surface area (Å²) >= 11 is 1.84. The zero-order chi connectivity index (χ0) is 10.1. The minimum absolute atomic E-state index is 0.788. The van der Waals surface area contributed by atoms with Gasteiger partial charge in [0, 0.05) is 4.90 Å². The molecule has 0 saturated heterocycles. The summed E-state index contributed by atoms with van der Waals surface area (Å²) in [6, 6.07) is 6.99. The molecule has 0 nitrogen and oxygen atoms in total. The molecule has 1 aliphatic carbocycles. The Hall–Kier alpha value is -0.430. The predicted octanol–water partition coefficient (Wildman–Crippen LogP) is 4.09. The lowest BCUT2D eigenvalue weighted by atomic mass is 9.90. The van der Waals surface area contributed by atoms with Crippen LogP contribution in [0.2, 0.25) is 0 Å². The SMILES string of the molecule is CSc1ccc2c(c1)CCC2C(C)C. The van der Waals surface area contributed by atoms with E-state index in [1.165, 1.54) is 17.7 Å². The number of hydrogen-bond donors (Lipinski definition) is 0. The maximum absolute atomic E-state index is 2.38. The van der Waals surface area contributed by atoms with Gasteiger partial charge in [0.05, 0.1) is 0 Å². The van der Waals surface area contributed by atoms with Crippen LogP contribution >= 0.6 is 11.8 Å². The molecule has 76 valence electrons. The average molecular weight is 206 g/mol. The minimum atomic E-state index is 0.788. The third-order valence-corrected chi connectivity index (χ3v) is 4.00. The van der Waals surface area contributed by atoms with Crippen LogP contribution in [0.1, 0.15) is 37.3 Å². The first-order valence-electron chi connectivity index (χ1n) is 5.39. The molecule has 0 bridgehead atoms. The van der Waals surface area contributed by atoms with E-state index in [4.69, 9.17) is 0 Å². The Morgan fingerprint density at radius 1 is 1.36 bits per heavy atom. The molecule has 1 heteroatoms. The normalized spacial score (nSPS) is 20.1. The molecule has 0 spiro atoms. The standard InChI is InChI=1S/C13H18S/c1-9(2)12-6-4-10-8-11(14-3)5-7-13(10)12/h5,7-9,12H,4,6H2,1-3H3. The summed E-state index contributed by atoms with van der Waals surface area (Å²) in [6.45, 7) is 4.67. The minimum Gasteiger partial charge on any atom is -0.130 e. The van der Waals surface area contributed by atoms with Crippen molar-refractivity contribution in [2.75, 3.05) is 6.26 Å². The van der Waals surface area contributed by atoms with Gasteiger partial charge in [-0.15, -0.1) is 11.8 Å². The van der Waals surface area contributed by atoms with E-state index in [0.29, 0.717) is 0 Å². The summed E-state index contributed by atoms with van der Waals surface area (Å²) in [5.74, 6) is 1.59. The van der Waals surface area contributed by atoms with E-state index in [2.05, 4.69) is 38.3 Å². The van der Waals surface area contributed by atoms with Crippen molar-refractivity contribution >= 4 is 11.8 Å². The Morgan fingerprint density at radius 3 is 2.79 bits per heavy atom. The van der Waals surface area contributed by atoms with Gasteiger partial charge in [0.25, 0.3) is 0 Å². The number of rotatable bonds is 2. The van der Waals surface area contributed by atoms with Crippen molar-refractivity contribution < 1.29 is 0 Å². The van der Waals surface area contributed by atoms with Crippen molar-refractivity contribution in [2.24, 2.45) is 5.92 Å². The van der Waals surface area contributed by atoms with E-state index in [0.717, 1.165) is 11.8 Å². The van der Waals surface area contributed by atoms with E-state index in [-0.39, 0.29) is 0 Å². The number of thioether (sulfide) groups is 1. The second-order valence-electron chi connectivity index (χ2n) is 4.45. The summed E-state index contributed by atoms with van der Waals surface area (Å²) < 4.78 is 0. The highest BCUT2D eigenvalue weighted by atomic mass is 32.2. The van der Waals surface area contributed by atoms with Crippen molar-refractivity contribution in [1.29, 1.82) is 0 Å². The quantitative estimate of drug-likeness (QED) is 0.657. The van der Waals surface area contributed by atoms with Crippen molar-refractivity contribution in [3.05, 3.63) is 29.3 Å². The zero-order valence-corrected chi connectivity index (χ0v) is 10.0. The highest BCUT2D eigenvalue weighted by molar-refractivity contribution is 7.98. The number of aryl methyl sites for hydroxylation is 1. The van der Waals surface area contributed by atoms with Gasteiger partial charge >= 0.3 is 0 Å². The van der Waals surface area contributed by atoms with E-state index < -0.39 is 0 Å². The summed E-state index contributed by atoms with van der Waals surface area (Å²) in [4.78, 5) is 1.41. The van der Waals surface area contributed by atoms with Crippen molar-refractivity contribution in [2.45, 2.75) is 37.5 Å². The third-order valence-electron chi connectivity index (χ3n) is 3.28. The van der Waals surface area contributed by atoms with Crippen molar-refractivity contribution in [1.82, 2.24) is 0 Å². The summed E-state index contributed by atoms with van der Waals surface area (Å²) in [5, 5.41) is 0. The van der Waals surface area contributed by atoms with Crippen LogP contribution < -0.4 is 0 Å². The second kappa shape index (κ2) is 3.98. The van der Waals surface area contributed by atoms with Crippen LogP contribution in [0.15, 0.2) is 23.1 Å². The monoisotopic (exact) mass is 206 g/mol. The van der Waals surface area contributed by atoms with Crippen LogP contribution in [0.5, 0.6) is 0 Å². The fourth-order valence-corrected chi connectivity index (χ4v) is 2.91. The molecule has 0 heterocycles. The van der Waals surface area contributed by atoms with Crippen LogP contribution in [0, 0.1) is 5.92 Å². The van der Waals surface area contributed by atoms with Gasteiger partial charge in [-0.3, -0.25) is 0 Å². The average Bonchev–Trinajstić information content (AvgIpc) is 2.59. The van der Waals surface area contributed by atoms with Gasteiger partial charge in [-0.05, 0) is 54.2 Å². The molecule has 14 heavy (non-hydrogen) atoms. The van der Waals surface area contributed by atoms with E-state index in [1.54, 1.807) is 11.1 Å². The van der Waals surface area contributed by atoms with Crippen molar-refractivity contribution in [3.8, 4) is 0 Å². The third kappa shape index (κ3) is 1.70. The van der Waals surface area contributed by atoms with Gasteiger partial charge in [0.1, 0.15) is 0 Å². The molecule has 0 radical (unpaired) electrons. The molecule has 0 aromatic heterocycles. The Labute approximate surface area is 91.1 Å². The summed E-state index contributed by atoms with van der Waals surface area (Å²) in [7, 11) is 0. The van der Waals surface area contributed by atoms with Gasteiger partial charge in [0.2, 0.25) is 0 Å². The molecule has 0 amide bonds. The molecule has 1 aromatic rings. The van der Waals surface area contributed by atoms with Gasteiger partial charge in [-0.25, -0.2) is 0 Å². The fourth-order valence-electron chi connectivity index (χ4n) is 2.45. The molecule has 0 N–H and O–H groups in total. The molecule has 0 saturated carbocycles. The van der Waals surface area contributed by atoms with Crippen LogP contribution in [0.4, 0.5) is 0 Å². The fraction of sp³-hybridized carbons (Fsp3) is 0.538. The first-order valence-corrected chi connectivity index (χ1v) is 6.61. The van der Waals surface area contributed by atoms with Crippen LogP contribution in [-0.4, -0.2) is 6.26 Å². The van der Waals surface area contributed by atoms with Crippen LogP contribution in [0.3, 0.4) is 0 Å². The molecule has 2 rings (SSSR count). The molecule has 1 atom stereocenters. The number of hydrogen-bond acceptors (Lipinski definition) is 1. The topological polar surface area (TPSA) is 0 Å². The highest BCUT2D eigenvalue weighted by Gasteiger charge is 2.24. The van der Waals surface area contributed by atoms with Crippen molar-refractivity contribution in [3.63, 3.8) is 0 Å². The first kappa shape index (κ1) is 10.1. The molecule has 1 aromatic carbocycles. The Bertz CT molecular complexity index is 328. The summed E-state index contributed by atoms with van der Waals surface area (Å²) in [6.07, 6.45) is 4.79. The molecule has 1 aliphatic rings. The maximum atomic E-state index is 2.38. The van der Waals surface area contributed by atoms with E-state index in [1.807, 2.05) is 11.8 Å². The second-order valence-corrected chi connectivity index (χ2v) is 5.33. The Balaban J connectivity index is 2.33. The van der Waals surface area contributed by atoms with Gasteiger partial charge in [-0.1, -0.05) is 19.9 Å². The smallest absolute Gasteiger partial charge is 0.00720 e. The van der Waals surface area contributed by atoms with Crippen LogP contribution in [0.25, 0.3) is 0 Å². The van der Waals surface area contributed by atoms with Gasteiger partial charge < -0.3 is 0 Å². The number of fused-ring (bicyclic) bond motifs is 1. The Morgan fingerprint density at radius 2 is 2.14 bits per heavy atom. The molecule has 0 fully saturated rings. The lowest BCUT2D eigenvalue weighted by Crippen LogP contribution is -2.01. The van der Waals surface area contributed by atoms with E-state index >= 15 is 0 Å². The number of benzene rings is 1. The van der Waals surface area contributed by atoms with Crippen LogP contribution in [-0.2, 0) is 6.42 Å². The molecular formula is C13H18S. The zero-order valence-electron chi connectivity index (χ0n) is 9.21. The molecule has 0 aliphatic heterocycles. The highest BCUT2D eigenvalue weighted by Crippen LogP contribution is 2.39. The summed E-state index contributed by atoms with van der Waals surface area (Å²) in [5.41, 5.74) is 3.20. The largest absolute Gasteiger partial charge is 0.130 e. The molecular weight excluding hydrogens is 188 g/mol. The Kier molecular flexibility index (Phi) is 2.87. The van der Waals surface area contributed by atoms with E-state index in [9.17, 15) is 0 Å². The van der Waals surface area contributed by atoms with Gasteiger partial charge in [0.15, 0.2) is 0 Å². The maximum Gasteiger partial charge on any atom is 0.00720 e. The lowest BCUT2D eigenvalue weighted by molar-refractivity contribution is 0.496. The first-order chi connectivity index (χ1) is 6.72.